The number of methoxy groups -OCH3 is 3. The average molecular weight is 1290 g/mol. The summed E-state index contributed by atoms with van der Waals surface area (Å²) in [5.41, 5.74) is 0. The van der Waals surface area contributed by atoms with Crippen molar-refractivity contribution in [3.8, 4) is 34.5 Å². The van der Waals surface area contributed by atoms with Crippen molar-refractivity contribution in [1.82, 2.24) is 10.6 Å². The normalized spacial score (nSPS) is 17.6. The smallest absolute Gasteiger partial charge is 0.419 e. The first-order chi connectivity index (χ1) is 40.7. The molecule has 5 N–H and O–H groups in total. The molecule has 0 saturated carbocycles. The second-order valence-electron chi connectivity index (χ2n) is 19.8. The molecule has 27 heteroatoms. The van der Waals surface area contributed by atoms with Crippen LogP contribution in [0.5, 0.6) is 34.5 Å². The van der Waals surface area contributed by atoms with E-state index in [1.165, 1.54) is 52.4 Å². The lowest BCUT2D eigenvalue weighted by atomic mass is 9.99. The van der Waals surface area contributed by atoms with Crippen LogP contribution in [-0.4, -0.2) is 170 Å². The molecule has 5 rings (SSSR count). The summed E-state index contributed by atoms with van der Waals surface area (Å²) in [7, 11) is 12.3. The Morgan fingerprint density at radius 1 is 0.553 bits per heavy atom. The zero-order valence-corrected chi connectivity index (χ0v) is 53.5. The highest BCUT2D eigenvalue weighted by molar-refractivity contribution is 8.78. The topological polar surface area (TPSA) is 289 Å². The number of nitrogens with one attached hydrogen (secondary N) is 2. The van der Waals surface area contributed by atoms with Crippen LogP contribution in [-0.2, 0) is 42.9 Å². The van der Waals surface area contributed by atoms with Crippen LogP contribution in [0.15, 0.2) is 72.8 Å². The number of alkyl carbamates (subject to hydrolysis) is 2. The SMILES string of the molecule is COc1ccccc1OCC(O)COC(=O)CCCC[C@]1(C)CCSS1.COc1ccccc1OCC(O)COC(=O)NC(=O)OC(C)OC(=O)CCCCC[C@]1(C)CCSS1.COc1ccccc1OCC(O)COC(=O)[C@@H](CS)NC(C)=O. The third-order valence-electron chi connectivity index (χ3n) is 12.3. The van der Waals surface area contributed by atoms with Crippen molar-refractivity contribution in [3.05, 3.63) is 72.8 Å². The molecule has 2 fully saturated rings. The molecule has 2 heterocycles. The van der Waals surface area contributed by atoms with Gasteiger partial charge in [-0.3, -0.25) is 14.4 Å². The number of aliphatic hydroxyl groups excluding tert-OH is 3. The van der Waals surface area contributed by atoms with Crippen LogP contribution in [0.3, 0.4) is 0 Å². The maximum atomic E-state index is 11.9. The lowest BCUT2D eigenvalue weighted by molar-refractivity contribution is -0.165. The number of thiol groups is 1. The Bertz CT molecular complexity index is 2450. The molecule has 0 spiro atoms. The number of ether oxygens (including phenoxy) is 11. The minimum atomic E-state index is -1.17. The molecule has 476 valence electrons. The van der Waals surface area contributed by atoms with Gasteiger partial charge in [-0.2, -0.15) is 12.6 Å². The van der Waals surface area contributed by atoms with Gasteiger partial charge in [0.2, 0.25) is 12.2 Å². The summed E-state index contributed by atoms with van der Waals surface area (Å²) in [4.78, 5) is 69.9. The average Bonchev–Trinajstić information content (AvgIpc) is 4.30. The van der Waals surface area contributed by atoms with Crippen molar-refractivity contribution < 1.29 is 96.2 Å². The highest BCUT2D eigenvalue weighted by Crippen LogP contribution is 2.50. The van der Waals surface area contributed by atoms with Crippen LogP contribution in [0.25, 0.3) is 0 Å². The fourth-order valence-electron chi connectivity index (χ4n) is 7.63. The van der Waals surface area contributed by atoms with E-state index >= 15 is 0 Å². The fraction of sp³-hybridized carbons (Fsp3) is 0.586. The van der Waals surface area contributed by atoms with Crippen LogP contribution in [0, 0.1) is 0 Å². The van der Waals surface area contributed by atoms with Crippen molar-refractivity contribution in [2.75, 3.05) is 78.2 Å². The maximum Gasteiger partial charge on any atom is 0.419 e. The summed E-state index contributed by atoms with van der Waals surface area (Å²) in [5.74, 6) is 3.84. The van der Waals surface area contributed by atoms with Gasteiger partial charge in [0.1, 0.15) is 64.0 Å². The second-order valence-corrected chi connectivity index (χ2v) is 26.1. The zero-order valence-electron chi connectivity index (χ0n) is 49.3. The Kier molecular flexibility index (Phi) is 36.3. The van der Waals surface area contributed by atoms with Crippen LogP contribution >= 0.6 is 55.8 Å². The molecule has 22 nitrogen and oxygen atoms in total. The van der Waals surface area contributed by atoms with E-state index in [1.807, 2.05) is 60.6 Å². The molecule has 2 aliphatic rings. The summed E-state index contributed by atoms with van der Waals surface area (Å²) in [6.07, 6.45) is 3.41. The number of benzene rings is 3. The van der Waals surface area contributed by atoms with Gasteiger partial charge in [-0.05, 0) is 88.8 Å². The van der Waals surface area contributed by atoms with Crippen molar-refractivity contribution in [3.63, 3.8) is 0 Å². The molecule has 4 unspecified atom stereocenters. The molecule has 0 bridgehead atoms. The minimum Gasteiger partial charge on any atom is -0.493 e. The van der Waals surface area contributed by atoms with Gasteiger partial charge in [0.25, 0.3) is 0 Å². The van der Waals surface area contributed by atoms with Crippen LogP contribution in [0.2, 0.25) is 0 Å². The summed E-state index contributed by atoms with van der Waals surface area (Å²) in [5, 5.41) is 33.9. The molecule has 0 radical (unpaired) electrons. The van der Waals surface area contributed by atoms with E-state index in [9.17, 15) is 44.1 Å². The molecule has 85 heavy (non-hydrogen) atoms. The van der Waals surface area contributed by atoms with Gasteiger partial charge < -0.3 is 72.7 Å². The van der Waals surface area contributed by atoms with Crippen LogP contribution < -0.4 is 39.1 Å². The van der Waals surface area contributed by atoms with E-state index in [0.717, 1.165) is 38.5 Å². The van der Waals surface area contributed by atoms with Gasteiger partial charge in [-0.25, -0.2) is 19.7 Å². The van der Waals surface area contributed by atoms with E-state index in [1.54, 1.807) is 67.8 Å². The number of rotatable bonds is 34. The summed E-state index contributed by atoms with van der Waals surface area (Å²) < 4.78 is 57.2. The molecule has 3 aromatic rings. The predicted octanol–water partition coefficient (Wildman–Crippen LogP) is 9.18. The third-order valence-corrected chi connectivity index (χ3v) is 19.3. The fourth-order valence-corrected chi connectivity index (χ4v) is 14.5. The lowest BCUT2D eigenvalue weighted by Gasteiger charge is -2.20. The Labute approximate surface area is 519 Å². The number of esters is 3. The van der Waals surface area contributed by atoms with Crippen molar-refractivity contribution in [1.29, 1.82) is 0 Å². The van der Waals surface area contributed by atoms with E-state index in [0.29, 0.717) is 56.8 Å². The predicted molar refractivity (Wildman–Crippen MR) is 331 cm³/mol. The number of amides is 3. The summed E-state index contributed by atoms with van der Waals surface area (Å²) in [6, 6.07) is 20.2. The summed E-state index contributed by atoms with van der Waals surface area (Å²) in [6.45, 7) is 6.32. The first-order valence-corrected chi connectivity index (χ1v) is 32.9. The molecule has 2 aliphatic heterocycles. The first-order valence-electron chi connectivity index (χ1n) is 27.7. The Balaban J connectivity index is 0.000000344. The highest BCUT2D eigenvalue weighted by atomic mass is 33.1. The first kappa shape index (κ1) is 74.0. The monoisotopic (exact) mass is 1290 g/mol. The number of para-hydroxylation sites is 6. The van der Waals surface area contributed by atoms with E-state index in [4.69, 9.17) is 52.1 Å². The largest absolute Gasteiger partial charge is 0.493 e. The van der Waals surface area contributed by atoms with E-state index in [2.05, 4.69) is 31.8 Å². The van der Waals surface area contributed by atoms with Crippen molar-refractivity contribution in [2.45, 2.75) is 138 Å². The van der Waals surface area contributed by atoms with Crippen molar-refractivity contribution in [2.24, 2.45) is 0 Å². The van der Waals surface area contributed by atoms with Crippen LogP contribution in [0.1, 0.15) is 98.3 Å². The number of imide groups is 1. The van der Waals surface area contributed by atoms with Gasteiger partial charge in [0, 0.05) is 53.4 Å². The van der Waals surface area contributed by atoms with E-state index < -0.39 is 61.4 Å². The van der Waals surface area contributed by atoms with Gasteiger partial charge >= 0.3 is 30.1 Å². The third kappa shape index (κ3) is 31.8. The number of carbonyl (C=O) groups is 6. The maximum absolute atomic E-state index is 11.9. The van der Waals surface area contributed by atoms with Crippen molar-refractivity contribution >= 4 is 91.8 Å². The molecule has 7 atom stereocenters. The molecule has 2 saturated heterocycles. The molecule has 3 aromatic carbocycles. The number of unbranched alkanes of at least 4 members (excludes halogenated alkanes) is 3. The highest BCUT2D eigenvalue weighted by Gasteiger charge is 2.31. The Morgan fingerprint density at radius 3 is 1.39 bits per heavy atom. The van der Waals surface area contributed by atoms with Gasteiger partial charge in [0.05, 0.1) is 21.3 Å². The number of carbonyl (C=O) groups excluding carboxylic acids is 6. The van der Waals surface area contributed by atoms with E-state index in [-0.39, 0.29) is 57.1 Å². The summed E-state index contributed by atoms with van der Waals surface area (Å²) >= 11 is 3.97. The molecular weight excluding hydrogens is 1200 g/mol. The molecule has 0 aliphatic carbocycles. The lowest BCUT2D eigenvalue weighted by Crippen LogP contribution is -2.43. The van der Waals surface area contributed by atoms with Gasteiger partial charge in [0.15, 0.2) is 34.5 Å². The zero-order chi connectivity index (χ0) is 62.5. The van der Waals surface area contributed by atoms with Crippen LogP contribution in [0.4, 0.5) is 9.59 Å². The number of aliphatic hydroxyl groups is 3. The Morgan fingerprint density at radius 2 is 0.965 bits per heavy atom. The number of hydrogen-bond acceptors (Lipinski definition) is 25. The van der Waals surface area contributed by atoms with Gasteiger partial charge in [-0.1, -0.05) is 98.8 Å². The van der Waals surface area contributed by atoms with Gasteiger partial charge in [-0.15, -0.1) is 0 Å². The Hall–Kier alpha value is -5.29. The molecule has 3 amide bonds. The minimum absolute atomic E-state index is 0.0426. The quantitative estimate of drug-likeness (QED) is 0.00811. The second kappa shape index (κ2) is 41.7. The molecular formula is C58H84N2O20S5. The molecule has 0 aromatic heterocycles. The standard InChI is InChI=1S/C24H35NO9S2.C19H28O5S2.C15H21NO6S/c1-17(33-21(27)11-5-4-8-12-24(2)13-14-35-36-24)34-23(29)25-22(28)32-16-18(26)15-31-20-10-7-6-9-19(20)30-3;1-19(11-12-25-26-19)10-6-5-9-18(21)24-14-15(20)13-23-17-8-4-3-7-16(17)22-2;1-10(17)16-12(9-23)15(19)22-8-11(18)7-21-14-6-4-3-5-13(14)20-2/h6-7,9-10,17-18,26H,4-5,8,11-16H2,1-3H3,(H,25,28,29);3-4,7-8,15,20H,5-6,9-14H2,1-2H3;3-6,11-12,18,23H,7-9H2,1-2H3,(H,16,17)/t17?,18?,24-;15?,19-;11?,12-/m111/s1. The number of hydrogen-bond donors (Lipinski definition) is 6.